The Kier molecular flexibility index (Phi) is 22.2. The van der Waals surface area contributed by atoms with Crippen LogP contribution in [0.25, 0.3) is 0 Å². The van der Waals surface area contributed by atoms with Crippen LogP contribution >= 0.6 is 0 Å². The molecular formula is C42H40N6O25. The van der Waals surface area contributed by atoms with Gasteiger partial charge in [-0.15, -0.1) is 0 Å². The molecule has 0 saturated heterocycles. The Balaban J connectivity index is 1.24. The quantitative estimate of drug-likeness (QED) is 0.0164. The number of rotatable bonds is 26. The lowest BCUT2D eigenvalue weighted by molar-refractivity contribution is -0.385. The van der Waals surface area contributed by atoms with Crippen LogP contribution in [0.2, 0.25) is 0 Å². The first-order valence-electron chi connectivity index (χ1n) is 20.7. The molecule has 0 radical (unpaired) electrons. The van der Waals surface area contributed by atoms with Gasteiger partial charge in [0.1, 0.15) is 62.6 Å². The number of hydrogen-bond acceptors (Lipinski definition) is 25. The molecule has 0 atom stereocenters. The van der Waals surface area contributed by atoms with Crippen LogP contribution in [0.15, 0.2) is 97.1 Å². The fourth-order valence-corrected chi connectivity index (χ4v) is 5.25. The van der Waals surface area contributed by atoms with E-state index < -0.39 is 82.9 Å². The van der Waals surface area contributed by atoms with Gasteiger partial charge in [0.05, 0.1) is 59.1 Å². The predicted octanol–water partition coefficient (Wildman–Crippen LogP) is 6.38. The molecule has 0 aromatic heterocycles. The van der Waals surface area contributed by atoms with Crippen molar-refractivity contribution < 1.29 is 101 Å². The van der Waals surface area contributed by atoms with E-state index in [1.165, 1.54) is 0 Å². The fourth-order valence-electron chi connectivity index (χ4n) is 5.25. The maximum absolute atomic E-state index is 13.0. The zero-order valence-corrected chi connectivity index (χ0v) is 37.6. The number of nitro groups is 4. The molecule has 0 fully saturated rings. The van der Waals surface area contributed by atoms with E-state index in [1.807, 2.05) is 0 Å². The molecule has 31 nitrogen and oxygen atoms in total. The van der Waals surface area contributed by atoms with Crippen molar-refractivity contribution in [3.05, 3.63) is 138 Å². The van der Waals surface area contributed by atoms with Gasteiger partial charge >= 0.3 is 36.8 Å². The molecule has 0 bridgehead atoms. The summed E-state index contributed by atoms with van der Waals surface area (Å²) in [4.78, 5) is 118. The maximum atomic E-state index is 13.0. The Morgan fingerprint density at radius 2 is 0.548 bits per heavy atom. The van der Waals surface area contributed by atoms with E-state index in [4.69, 9.17) is 52.1 Å². The van der Waals surface area contributed by atoms with Crippen molar-refractivity contribution in [3.8, 4) is 23.0 Å². The van der Waals surface area contributed by atoms with Crippen molar-refractivity contribution in [3.63, 3.8) is 0 Å². The number of carbonyl (C=O) groups is 6. The van der Waals surface area contributed by atoms with Crippen LogP contribution in [0, 0.1) is 40.5 Å². The van der Waals surface area contributed by atoms with Crippen LogP contribution in [-0.4, -0.2) is 145 Å². The van der Waals surface area contributed by atoms with Gasteiger partial charge in [0, 0.05) is 48.5 Å². The molecule has 4 rings (SSSR count). The van der Waals surface area contributed by atoms with E-state index in [1.54, 1.807) is 0 Å². The van der Waals surface area contributed by atoms with Crippen LogP contribution in [0.1, 0.15) is 0 Å². The summed E-state index contributed by atoms with van der Waals surface area (Å²) in [5.74, 6) is -0.331. The lowest BCUT2D eigenvalue weighted by Gasteiger charge is -2.22. The van der Waals surface area contributed by atoms with Crippen LogP contribution in [-0.2, 0) is 33.2 Å². The Morgan fingerprint density at radius 1 is 0.329 bits per heavy atom. The molecule has 73 heavy (non-hydrogen) atoms. The number of carbonyl (C=O) groups excluding carboxylic acids is 6. The van der Waals surface area contributed by atoms with Crippen LogP contribution in [0.5, 0.6) is 23.0 Å². The number of nitro benzene ring substituents is 4. The van der Waals surface area contributed by atoms with Gasteiger partial charge in [0.2, 0.25) is 0 Å². The number of amides is 2. The van der Waals surface area contributed by atoms with Gasteiger partial charge in [-0.25, -0.2) is 28.8 Å². The van der Waals surface area contributed by atoms with Crippen molar-refractivity contribution >= 4 is 59.6 Å². The van der Waals surface area contributed by atoms with Crippen LogP contribution in [0.3, 0.4) is 0 Å². The molecule has 31 heteroatoms. The average Bonchev–Trinajstić information content (AvgIpc) is 3.35. The minimum absolute atomic E-state index is 0.0828. The first-order valence-corrected chi connectivity index (χ1v) is 20.7. The van der Waals surface area contributed by atoms with E-state index >= 15 is 0 Å². The van der Waals surface area contributed by atoms with Crippen molar-refractivity contribution in [2.75, 3.05) is 79.0 Å². The number of non-ortho nitro benzene ring substituents is 4. The highest BCUT2D eigenvalue weighted by Gasteiger charge is 2.21. The van der Waals surface area contributed by atoms with Crippen molar-refractivity contribution in [2.24, 2.45) is 0 Å². The summed E-state index contributed by atoms with van der Waals surface area (Å²) in [6.07, 6.45) is -6.94. The van der Waals surface area contributed by atoms with Gasteiger partial charge < -0.3 is 61.9 Å². The van der Waals surface area contributed by atoms with Crippen molar-refractivity contribution in [2.45, 2.75) is 0 Å². The van der Waals surface area contributed by atoms with E-state index in [9.17, 15) is 69.2 Å². The summed E-state index contributed by atoms with van der Waals surface area (Å²) in [7, 11) is 0. The predicted molar refractivity (Wildman–Crippen MR) is 237 cm³/mol. The Bertz CT molecular complexity index is 2220. The van der Waals surface area contributed by atoms with E-state index in [-0.39, 0.29) is 98.4 Å². The zero-order chi connectivity index (χ0) is 53.1. The highest BCUT2D eigenvalue weighted by Crippen LogP contribution is 2.21. The largest absolute Gasteiger partial charge is 0.513 e. The lowest BCUT2D eigenvalue weighted by atomic mass is 10.3. The molecule has 388 valence electrons. The fraction of sp³-hybridized carbons (Fsp3) is 0.286. The molecule has 4 aromatic carbocycles. The maximum Gasteiger partial charge on any atom is 0.513 e. The minimum atomic E-state index is -1.23. The smallest absolute Gasteiger partial charge is 0.447 e. The van der Waals surface area contributed by atoms with Crippen molar-refractivity contribution in [1.29, 1.82) is 0 Å². The third kappa shape index (κ3) is 20.7. The zero-order valence-electron chi connectivity index (χ0n) is 37.6. The van der Waals surface area contributed by atoms with Gasteiger partial charge in [0.25, 0.3) is 22.7 Å². The topological polar surface area (TPSA) is 383 Å². The molecular weight excluding hydrogens is 988 g/mol. The Hall–Kier alpha value is -9.94. The highest BCUT2D eigenvalue weighted by atomic mass is 16.7. The van der Waals surface area contributed by atoms with Crippen molar-refractivity contribution in [1.82, 2.24) is 9.80 Å². The summed E-state index contributed by atoms with van der Waals surface area (Å²) in [6, 6.07) is 17.9. The Morgan fingerprint density at radius 3 is 0.753 bits per heavy atom. The van der Waals surface area contributed by atoms with E-state index in [2.05, 4.69) is 0 Å². The first kappa shape index (κ1) is 55.7. The first-order chi connectivity index (χ1) is 35.0. The second-order valence-electron chi connectivity index (χ2n) is 13.6. The molecule has 0 aliphatic carbocycles. The number of hydrogen-bond donors (Lipinski definition) is 0. The molecule has 0 aliphatic heterocycles. The molecule has 0 aliphatic rings. The SMILES string of the molecule is O=C(OCCN(CCOC(=O)Oc1ccc([N+](=O)[O-])cc1)C(=O)OCCOCCOC(=O)N(CCOC(=O)Oc1ccc([N+](=O)[O-])cc1)CCOC(=O)Oc1ccc([N+](=O)[O-])cc1)Oc1ccc([N+](=O)[O-])cc1. The van der Waals surface area contributed by atoms with Gasteiger partial charge in [-0.1, -0.05) is 0 Å². The molecule has 2 amide bonds. The van der Waals surface area contributed by atoms with Gasteiger partial charge in [-0.3, -0.25) is 40.5 Å². The van der Waals surface area contributed by atoms with Gasteiger partial charge in [-0.2, -0.15) is 0 Å². The van der Waals surface area contributed by atoms with Crippen LogP contribution < -0.4 is 18.9 Å². The third-order valence-electron chi connectivity index (χ3n) is 8.74. The number of ether oxygens (including phenoxy) is 11. The lowest BCUT2D eigenvalue weighted by Crippen LogP contribution is -2.39. The molecule has 0 heterocycles. The van der Waals surface area contributed by atoms with Gasteiger partial charge in [-0.05, 0) is 48.5 Å². The second-order valence-corrected chi connectivity index (χ2v) is 13.6. The average molecular weight is 1030 g/mol. The Labute approximate surface area is 409 Å². The summed E-state index contributed by atoms with van der Waals surface area (Å²) < 4.78 is 55.6. The normalized spacial score (nSPS) is 10.3. The standard InChI is InChI=1S/C42H40N6O25/c49-37(43(17-21-66-39(51)70-33-9-1-29(2-10-33)45(55)56)18-22-67-40(52)71-34-11-3-30(4-12-34)46(57)58)64-27-25-63-26-28-65-38(50)44(19-23-68-41(53)72-35-13-5-31(6-14-35)47(59)60)20-24-69-42(54)73-36-15-7-32(8-16-36)48(61)62/h1-16H,17-28H2. The molecule has 0 N–H and O–H groups in total. The number of benzene rings is 4. The summed E-state index contributed by atoms with van der Waals surface area (Å²) in [5, 5.41) is 43.5. The monoisotopic (exact) mass is 1030 g/mol. The third-order valence-corrected chi connectivity index (χ3v) is 8.74. The van der Waals surface area contributed by atoms with Gasteiger partial charge in [0.15, 0.2) is 0 Å². The highest BCUT2D eigenvalue weighted by molar-refractivity contribution is 5.69. The van der Waals surface area contributed by atoms with E-state index in [0.29, 0.717) is 0 Å². The molecule has 0 saturated carbocycles. The summed E-state index contributed by atoms with van der Waals surface area (Å²) >= 11 is 0. The second kappa shape index (κ2) is 29.2. The molecule has 0 unspecified atom stereocenters. The molecule has 4 aromatic rings. The summed E-state index contributed by atoms with van der Waals surface area (Å²) in [6.45, 7) is -4.61. The number of nitrogens with zero attached hydrogens (tertiary/aromatic N) is 6. The van der Waals surface area contributed by atoms with E-state index in [0.717, 1.165) is 107 Å². The summed E-state index contributed by atoms with van der Waals surface area (Å²) in [5.41, 5.74) is -1.04. The minimum Gasteiger partial charge on any atom is -0.447 e. The van der Waals surface area contributed by atoms with Crippen LogP contribution in [0.4, 0.5) is 51.5 Å². The molecule has 0 spiro atoms.